The number of ether oxygens (including phenoxy) is 3. The number of nitrogens with zero attached hydrogens (tertiary/aromatic N) is 6. The summed E-state index contributed by atoms with van der Waals surface area (Å²) in [5.41, 5.74) is 6.53. The first-order valence-electron chi connectivity index (χ1n) is 8.36. The largest absolute Gasteiger partial charge is 0.509 e. The molecule has 2 fully saturated rings. The Balaban J connectivity index is 1.41. The van der Waals surface area contributed by atoms with Gasteiger partial charge in [-0.25, -0.2) is 33.6 Å². The third-order valence-electron chi connectivity index (χ3n) is 4.60. The molecule has 29 heavy (non-hydrogen) atoms. The molecule has 14 nitrogen and oxygen atoms in total. The third kappa shape index (κ3) is 2.93. The summed E-state index contributed by atoms with van der Waals surface area (Å²) in [6.07, 6.45) is 2.19. The molecule has 0 aromatic carbocycles. The Labute approximate surface area is 161 Å². The number of anilines is 1. The van der Waals surface area contributed by atoms with Gasteiger partial charge in [0.05, 0.1) is 12.9 Å². The van der Waals surface area contributed by atoms with E-state index in [2.05, 4.69) is 19.9 Å². The molecule has 15 heteroatoms. The van der Waals surface area contributed by atoms with Gasteiger partial charge in [-0.1, -0.05) is 0 Å². The van der Waals surface area contributed by atoms with Crippen LogP contribution in [-0.2, 0) is 23.3 Å². The Morgan fingerprint density at radius 2 is 2.07 bits per heavy atom. The van der Waals surface area contributed by atoms with E-state index in [-0.39, 0.29) is 12.4 Å². The van der Waals surface area contributed by atoms with E-state index in [1.54, 1.807) is 0 Å². The van der Waals surface area contributed by atoms with Crippen molar-refractivity contribution in [1.82, 2.24) is 28.8 Å². The van der Waals surface area contributed by atoms with Crippen LogP contribution >= 0.6 is 7.75 Å². The standard InChI is InChI=1S/C14H14N7O7P/c15-11-8-12(18-4-17-11)21(6-19-8)13-10-9(27-14(22)28-10)7(26-13)3-25-29(23,24)20-2-1-16-5-20/h1-2,4-7,9-10,13H,3H2,(H,23,24)(H2,15,17,18)/t7-,9-,10-,13-/m1/s1. The summed E-state index contributed by atoms with van der Waals surface area (Å²) in [5, 5.41) is 0. The molecule has 1 unspecified atom stereocenters. The van der Waals surface area contributed by atoms with Gasteiger partial charge in [0.2, 0.25) is 0 Å². The first kappa shape index (κ1) is 18.0. The first-order valence-corrected chi connectivity index (χ1v) is 9.89. The number of carbonyl (C=O) groups is 1. The lowest BCUT2D eigenvalue weighted by Gasteiger charge is -2.19. The van der Waals surface area contributed by atoms with Gasteiger partial charge in [-0.3, -0.25) is 9.09 Å². The Morgan fingerprint density at radius 3 is 2.86 bits per heavy atom. The van der Waals surface area contributed by atoms with E-state index >= 15 is 0 Å². The van der Waals surface area contributed by atoms with Crippen LogP contribution in [-0.4, -0.2) is 64.8 Å². The molecular weight excluding hydrogens is 409 g/mol. The molecule has 0 amide bonds. The van der Waals surface area contributed by atoms with Gasteiger partial charge in [0, 0.05) is 12.4 Å². The molecule has 0 radical (unpaired) electrons. The monoisotopic (exact) mass is 423 g/mol. The highest BCUT2D eigenvalue weighted by Gasteiger charge is 2.55. The van der Waals surface area contributed by atoms with Crippen LogP contribution in [0.4, 0.5) is 10.6 Å². The van der Waals surface area contributed by atoms with Crippen LogP contribution < -0.4 is 5.73 Å². The second-order valence-corrected chi connectivity index (χ2v) is 7.99. The quantitative estimate of drug-likeness (QED) is 0.417. The van der Waals surface area contributed by atoms with Crippen molar-refractivity contribution in [3.05, 3.63) is 31.4 Å². The number of hydrogen-bond donors (Lipinski definition) is 2. The third-order valence-corrected chi connectivity index (χ3v) is 5.91. The van der Waals surface area contributed by atoms with Gasteiger partial charge in [-0.05, 0) is 0 Å². The molecule has 152 valence electrons. The Bertz CT molecular complexity index is 1120. The molecule has 0 aliphatic carbocycles. The van der Waals surface area contributed by atoms with Crippen molar-refractivity contribution in [2.24, 2.45) is 0 Å². The van der Waals surface area contributed by atoms with E-state index in [4.69, 9.17) is 24.5 Å². The topological polar surface area (TPSA) is 179 Å². The van der Waals surface area contributed by atoms with Crippen molar-refractivity contribution in [2.75, 3.05) is 12.3 Å². The number of nitrogen functional groups attached to an aromatic ring is 1. The zero-order chi connectivity index (χ0) is 20.2. The van der Waals surface area contributed by atoms with Crippen LogP contribution in [0.1, 0.15) is 6.23 Å². The van der Waals surface area contributed by atoms with Crippen molar-refractivity contribution in [3.63, 3.8) is 0 Å². The molecule has 3 aromatic rings. The smallest absolute Gasteiger partial charge is 0.424 e. The molecule has 0 spiro atoms. The predicted octanol–water partition coefficient (Wildman–Crippen LogP) is 0.0717. The first-order chi connectivity index (χ1) is 13.9. The fraction of sp³-hybridized carbons (Fsp3) is 0.357. The van der Waals surface area contributed by atoms with Crippen molar-refractivity contribution in [2.45, 2.75) is 24.5 Å². The van der Waals surface area contributed by atoms with Crippen LogP contribution in [0, 0.1) is 0 Å². The fourth-order valence-corrected chi connectivity index (χ4v) is 4.17. The molecule has 2 aliphatic heterocycles. The van der Waals surface area contributed by atoms with Crippen LogP contribution in [0.3, 0.4) is 0 Å². The summed E-state index contributed by atoms with van der Waals surface area (Å²) >= 11 is 0. The summed E-state index contributed by atoms with van der Waals surface area (Å²) in [6, 6.07) is 0. The van der Waals surface area contributed by atoms with Crippen LogP contribution in [0.25, 0.3) is 11.2 Å². The molecule has 5 heterocycles. The molecular formula is C14H14N7O7P. The summed E-state index contributed by atoms with van der Waals surface area (Å²) < 4.78 is 36.3. The van der Waals surface area contributed by atoms with Crippen LogP contribution in [0.15, 0.2) is 31.4 Å². The molecule has 5 atom stereocenters. The second-order valence-electron chi connectivity index (χ2n) is 6.29. The summed E-state index contributed by atoms with van der Waals surface area (Å²) in [6.45, 7) is -0.343. The molecule has 2 aliphatic rings. The lowest BCUT2D eigenvalue weighted by atomic mass is 10.1. The second kappa shape index (κ2) is 6.49. The maximum absolute atomic E-state index is 12.3. The van der Waals surface area contributed by atoms with Gasteiger partial charge >= 0.3 is 13.9 Å². The van der Waals surface area contributed by atoms with E-state index in [9.17, 15) is 14.3 Å². The number of rotatable bonds is 5. The maximum Gasteiger partial charge on any atom is 0.509 e. The van der Waals surface area contributed by atoms with Gasteiger partial charge in [0.15, 0.2) is 29.9 Å². The van der Waals surface area contributed by atoms with Gasteiger partial charge in [-0.2, -0.15) is 0 Å². The zero-order valence-corrected chi connectivity index (χ0v) is 15.4. The van der Waals surface area contributed by atoms with E-state index in [0.29, 0.717) is 11.2 Å². The number of nitrogens with two attached hydrogens (primary N) is 1. The fourth-order valence-electron chi connectivity index (χ4n) is 3.28. The molecule has 0 bridgehead atoms. The van der Waals surface area contributed by atoms with Gasteiger partial charge in [0.1, 0.15) is 24.3 Å². The van der Waals surface area contributed by atoms with E-state index in [1.807, 2.05) is 0 Å². The molecule has 2 saturated heterocycles. The number of aromatic nitrogens is 6. The predicted molar refractivity (Wildman–Crippen MR) is 92.2 cm³/mol. The number of imidazole rings is 2. The van der Waals surface area contributed by atoms with Crippen molar-refractivity contribution in [1.29, 1.82) is 0 Å². The van der Waals surface area contributed by atoms with E-state index in [1.165, 1.54) is 29.6 Å². The summed E-state index contributed by atoms with van der Waals surface area (Å²) in [4.78, 5) is 37.7. The number of carbonyl (C=O) groups excluding carboxylic acids is 1. The SMILES string of the molecule is Nc1ncnc2c1ncn2[C@@H]1O[C@H](COP(=O)(O)n2ccnc2)[C@H]2OC(=O)O[C@H]21. The zero-order valence-electron chi connectivity index (χ0n) is 14.5. The summed E-state index contributed by atoms with van der Waals surface area (Å²) in [5.74, 6) is 0.185. The van der Waals surface area contributed by atoms with E-state index in [0.717, 1.165) is 10.7 Å². The number of hydrogen-bond acceptors (Lipinski definition) is 11. The highest BCUT2D eigenvalue weighted by atomic mass is 31.2. The Morgan fingerprint density at radius 1 is 1.24 bits per heavy atom. The minimum atomic E-state index is -4.19. The normalized spacial score (nSPS) is 28.1. The average Bonchev–Trinajstić information content (AvgIpc) is 3.44. The number of fused-ring (bicyclic) bond motifs is 2. The molecule has 5 rings (SSSR count). The lowest BCUT2D eigenvalue weighted by molar-refractivity contribution is -0.0681. The maximum atomic E-state index is 12.3. The lowest BCUT2D eigenvalue weighted by Crippen LogP contribution is -2.31. The van der Waals surface area contributed by atoms with Gasteiger partial charge < -0.3 is 24.8 Å². The van der Waals surface area contributed by atoms with Crippen molar-refractivity contribution in [3.8, 4) is 0 Å². The summed E-state index contributed by atoms with van der Waals surface area (Å²) in [7, 11) is -4.19. The highest BCUT2D eigenvalue weighted by Crippen LogP contribution is 2.45. The van der Waals surface area contributed by atoms with Gasteiger partial charge in [0.25, 0.3) is 0 Å². The Hall–Kier alpha value is -3.06. The van der Waals surface area contributed by atoms with E-state index < -0.39 is 38.4 Å². The highest BCUT2D eigenvalue weighted by molar-refractivity contribution is 7.51. The van der Waals surface area contributed by atoms with Crippen molar-refractivity contribution >= 4 is 30.9 Å². The van der Waals surface area contributed by atoms with Gasteiger partial charge in [-0.15, -0.1) is 0 Å². The molecule has 3 aromatic heterocycles. The average molecular weight is 423 g/mol. The minimum absolute atomic E-state index is 0.185. The minimum Gasteiger partial charge on any atom is -0.424 e. The van der Waals surface area contributed by atoms with Crippen molar-refractivity contribution < 1.29 is 33.0 Å². The molecule has 3 N–H and O–H groups in total. The molecule has 0 saturated carbocycles. The Kier molecular flexibility index (Phi) is 4.03. The van der Waals surface area contributed by atoms with Crippen LogP contribution in [0.5, 0.6) is 0 Å². The van der Waals surface area contributed by atoms with Crippen LogP contribution in [0.2, 0.25) is 0 Å².